The van der Waals surface area contributed by atoms with E-state index in [9.17, 15) is 9.59 Å². The van der Waals surface area contributed by atoms with Gasteiger partial charge in [0.15, 0.2) is 0 Å². The number of fused-ring (bicyclic) bond motifs is 1. The molecule has 0 radical (unpaired) electrons. The first-order valence-corrected chi connectivity index (χ1v) is 6.73. The van der Waals surface area contributed by atoms with E-state index in [0.29, 0.717) is 6.54 Å². The van der Waals surface area contributed by atoms with Gasteiger partial charge in [-0.05, 0) is 24.6 Å². The van der Waals surface area contributed by atoms with Gasteiger partial charge in [0.05, 0.1) is 12.1 Å². The first kappa shape index (κ1) is 13.4. The van der Waals surface area contributed by atoms with Crippen LogP contribution in [-0.2, 0) is 13.0 Å². The molecule has 5 heteroatoms. The van der Waals surface area contributed by atoms with Crippen LogP contribution in [0.2, 0.25) is 0 Å². The molecule has 0 bridgehead atoms. The zero-order valence-electron chi connectivity index (χ0n) is 11.6. The largest absolute Gasteiger partial charge is 0.488 e. The van der Waals surface area contributed by atoms with Gasteiger partial charge in [0.1, 0.15) is 11.9 Å². The number of hydrogen-bond donors (Lipinski definition) is 1. The lowest BCUT2D eigenvalue weighted by molar-refractivity contribution is 0.0696. The molecule has 5 nitrogen and oxygen atoms in total. The van der Waals surface area contributed by atoms with Crippen LogP contribution in [0.1, 0.15) is 21.5 Å². The average Bonchev–Trinajstić information content (AvgIpc) is 2.82. The van der Waals surface area contributed by atoms with Crippen LogP contribution in [0.5, 0.6) is 5.75 Å². The highest BCUT2D eigenvalue weighted by atomic mass is 16.5. The van der Waals surface area contributed by atoms with Crippen LogP contribution in [0.25, 0.3) is 0 Å². The maximum absolute atomic E-state index is 11.9. The molecule has 0 saturated heterocycles. The summed E-state index contributed by atoms with van der Waals surface area (Å²) in [6, 6.07) is 8.59. The molecule has 1 aliphatic heterocycles. The highest BCUT2D eigenvalue weighted by Crippen LogP contribution is 2.29. The van der Waals surface area contributed by atoms with Crippen LogP contribution in [-0.4, -0.2) is 21.7 Å². The van der Waals surface area contributed by atoms with E-state index in [2.05, 4.69) is 6.07 Å². The number of carboxylic acids is 1. The fraction of sp³-hybridized carbons (Fsp3) is 0.250. The van der Waals surface area contributed by atoms with Crippen molar-refractivity contribution in [3.8, 4) is 5.75 Å². The molecule has 1 atom stereocenters. The molecule has 1 aromatic carbocycles. The molecular weight excluding hydrogens is 270 g/mol. The third-order valence-electron chi connectivity index (χ3n) is 3.60. The Morgan fingerprint density at radius 1 is 1.38 bits per heavy atom. The minimum absolute atomic E-state index is 0.00232. The Balaban J connectivity index is 1.77. The number of aromatic nitrogens is 1. The molecule has 2 heterocycles. The third kappa shape index (κ3) is 2.67. The van der Waals surface area contributed by atoms with E-state index in [0.717, 1.165) is 23.8 Å². The molecule has 1 unspecified atom stereocenters. The Bertz CT molecular complexity index is 763. The van der Waals surface area contributed by atoms with Gasteiger partial charge in [0.25, 0.3) is 5.56 Å². The van der Waals surface area contributed by atoms with Crippen LogP contribution in [0, 0.1) is 6.92 Å². The number of carbonyl (C=O) groups is 1. The Hall–Kier alpha value is -2.56. The summed E-state index contributed by atoms with van der Waals surface area (Å²) < 4.78 is 7.30. The predicted molar refractivity (Wildman–Crippen MR) is 77.0 cm³/mol. The van der Waals surface area contributed by atoms with Crippen LogP contribution < -0.4 is 10.3 Å². The zero-order chi connectivity index (χ0) is 15.0. The van der Waals surface area contributed by atoms with Crippen molar-refractivity contribution in [2.45, 2.75) is 26.0 Å². The van der Waals surface area contributed by atoms with Gasteiger partial charge in [-0.2, -0.15) is 0 Å². The van der Waals surface area contributed by atoms with E-state index in [1.807, 2.05) is 19.1 Å². The Labute approximate surface area is 121 Å². The number of aromatic carboxylic acids is 1. The van der Waals surface area contributed by atoms with Crippen LogP contribution in [0.15, 0.2) is 41.3 Å². The number of hydrogen-bond acceptors (Lipinski definition) is 3. The molecule has 21 heavy (non-hydrogen) atoms. The van der Waals surface area contributed by atoms with E-state index >= 15 is 0 Å². The standard InChI is InChI=1S/C16H15NO4/c1-10-2-3-14-12(6-10)7-13(21-14)9-17-5-4-11(16(19)20)8-15(17)18/h2-6,8,13H,7,9H2,1H3,(H,19,20). The molecule has 1 N–H and O–H groups in total. The van der Waals surface area contributed by atoms with E-state index in [1.165, 1.54) is 22.4 Å². The summed E-state index contributed by atoms with van der Waals surface area (Å²) in [5.74, 6) is -0.236. The van der Waals surface area contributed by atoms with Crippen molar-refractivity contribution in [2.24, 2.45) is 0 Å². The quantitative estimate of drug-likeness (QED) is 0.934. The van der Waals surface area contributed by atoms with E-state index in [1.54, 1.807) is 0 Å². The van der Waals surface area contributed by atoms with Crippen molar-refractivity contribution in [2.75, 3.05) is 0 Å². The lowest BCUT2D eigenvalue weighted by Gasteiger charge is -2.12. The minimum Gasteiger partial charge on any atom is -0.488 e. The fourth-order valence-corrected chi connectivity index (χ4v) is 2.56. The van der Waals surface area contributed by atoms with Gasteiger partial charge in [-0.1, -0.05) is 17.7 Å². The summed E-state index contributed by atoms with van der Waals surface area (Å²) >= 11 is 0. The topological polar surface area (TPSA) is 68.5 Å². The normalized spacial score (nSPS) is 16.3. The first-order chi connectivity index (χ1) is 10.0. The molecular formula is C16H15NO4. The van der Waals surface area contributed by atoms with Crippen molar-refractivity contribution in [3.05, 3.63) is 63.6 Å². The average molecular weight is 285 g/mol. The van der Waals surface area contributed by atoms with Gasteiger partial charge in [0, 0.05) is 18.7 Å². The van der Waals surface area contributed by atoms with Gasteiger partial charge in [0.2, 0.25) is 0 Å². The predicted octanol–water partition coefficient (Wildman–Crippen LogP) is 1.86. The molecule has 0 amide bonds. The summed E-state index contributed by atoms with van der Waals surface area (Å²) in [4.78, 5) is 22.7. The smallest absolute Gasteiger partial charge is 0.335 e. The SMILES string of the molecule is Cc1ccc2c(c1)CC(Cn1ccc(C(=O)O)cc1=O)O2. The monoisotopic (exact) mass is 285 g/mol. The van der Waals surface area contributed by atoms with Gasteiger partial charge < -0.3 is 14.4 Å². The summed E-state index contributed by atoms with van der Waals surface area (Å²) in [6.45, 7) is 2.44. The maximum atomic E-state index is 11.9. The number of benzene rings is 1. The zero-order valence-corrected chi connectivity index (χ0v) is 11.6. The summed E-state index contributed by atoms with van der Waals surface area (Å²) in [5, 5.41) is 8.86. The first-order valence-electron chi connectivity index (χ1n) is 6.73. The maximum Gasteiger partial charge on any atom is 0.335 e. The highest BCUT2D eigenvalue weighted by Gasteiger charge is 2.23. The molecule has 0 spiro atoms. The van der Waals surface area contributed by atoms with E-state index in [4.69, 9.17) is 9.84 Å². The molecule has 2 aromatic rings. The lowest BCUT2D eigenvalue weighted by Crippen LogP contribution is -2.28. The van der Waals surface area contributed by atoms with Crippen molar-refractivity contribution >= 4 is 5.97 Å². The second-order valence-corrected chi connectivity index (χ2v) is 5.27. The van der Waals surface area contributed by atoms with E-state index < -0.39 is 5.97 Å². The van der Waals surface area contributed by atoms with Crippen molar-refractivity contribution in [1.29, 1.82) is 0 Å². The summed E-state index contributed by atoms with van der Waals surface area (Å²) in [7, 11) is 0. The molecule has 3 rings (SSSR count). The number of nitrogens with zero attached hydrogens (tertiary/aromatic N) is 1. The Morgan fingerprint density at radius 2 is 2.19 bits per heavy atom. The highest BCUT2D eigenvalue weighted by molar-refractivity contribution is 5.87. The molecule has 0 saturated carbocycles. The van der Waals surface area contributed by atoms with Crippen molar-refractivity contribution in [1.82, 2.24) is 4.57 Å². The lowest BCUT2D eigenvalue weighted by atomic mass is 10.1. The number of aryl methyl sites for hydroxylation is 1. The van der Waals surface area contributed by atoms with Gasteiger partial charge in [-0.25, -0.2) is 4.79 Å². The fourth-order valence-electron chi connectivity index (χ4n) is 2.56. The number of carboxylic acid groups (broad SMARTS) is 1. The van der Waals surface area contributed by atoms with E-state index in [-0.39, 0.29) is 17.2 Å². The molecule has 1 aromatic heterocycles. The molecule has 0 aliphatic carbocycles. The minimum atomic E-state index is -1.10. The van der Waals surface area contributed by atoms with Crippen molar-refractivity contribution < 1.29 is 14.6 Å². The summed E-state index contributed by atoms with van der Waals surface area (Å²) in [6.07, 6.45) is 2.16. The molecule has 1 aliphatic rings. The van der Waals surface area contributed by atoms with Crippen LogP contribution in [0.4, 0.5) is 0 Å². The number of ether oxygens (including phenoxy) is 1. The Kier molecular flexibility index (Phi) is 3.25. The second-order valence-electron chi connectivity index (χ2n) is 5.27. The molecule has 0 fully saturated rings. The van der Waals surface area contributed by atoms with Gasteiger partial charge in [-0.3, -0.25) is 4.79 Å². The molecule has 108 valence electrons. The third-order valence-corrected chi connectivity index (χ3v) is 3.60. The van der Waals surface area contributed by atoms with Crippen LogP contribution >= 0.6 is 0 Å². The summed E-state index contributed by atoms with van der Waals surface area (Å²) in [5.41, 5.74) is 2.00. The van der Waals surface area contributed by atoms with Gasteiger partial charge in [-0.15, -0.1) is 0 Å². The van der Waals surface area contributed by atoms with Crippen LogP contribution in [0.3, 0.4) is 0 Å². The number of rotatable bonds is 3. The van der Waals surface area contributed by atoms with Crippen molar-refractivity contribution in [3.63, 3.8) is 0 Å². The van der Waals surface area contributed by atoms with Gasteiger partial charge >= 0.3 is 5.97 Å². The number of pyridine rings is 1. The Morgan fingerprint density at radius 3 is 2.90 bits per heavy atom. The second kappa shape index (κ2) is 5.09.